The van der Waals surface area contributed by atoms with E-state index >= 15 is 0 Å². The zero-order valence-electron chi connectivity index (χ0n) is 11.0. The quantitative estimate of drug-likeness (QED) is 0.888. The highest BCUT2D eigenvalue weighted by atomic mass is 79.9. The summed E-state index contributed by atoms with van der Waals surface area (Å²) >= 11 is 3.38. The van der Waals surface area contributed by atoms with E-state index < -0.39 is 0 Å². The minimum atomic E-state index is -0.00217. The van der Waals surface area contributed by atoms with Crippen molar-refractivity contribution in [3.63, 3.8) is 0 Å². The second-order valence-electron chi connectivity index (χ2n) is 4.28. The Hall–Kier alpha value is -1.40. The van der Waals surface area contributed by atoms with Crippen molar-refractivity contribution in [1.82, 2.24) is 15.1 Å². The molecule has 0 radical (unpaired) electrons. The fraction of sp³-hybridized carbons (Fsp3) is 0.385. The summed E-state index contributed by atoms with van der Waals surface area (Å²) in [5.41, 5.74) is 1.59. The number of amides is 1. The van der Waals surface area contributed by atoms with Gasteiger partial charge >= 0.3 is 0 Å². The first-order valence-corrected chi connectivity index (χ1v) is 7.09. The van der Waals surface area contributed by atoms with Crippen LogP contribution in [0.2, 0.25) is 0 Å². The molecule has 0 spiro atoms. The fourth-order valence-electron chi connectivity index (χ4n) is 1.91. The van der Waals surface area contributed by atoms with Crippen molar-refractivity contribution in [2.24, 2.45) is 0 Å². The molecule has 102 valence electrons. The zero-order valence-corrected chi connectivity index (χ0v) is 12.6. The fourth-order valence-corrected chi connectivity index (χ4v) is 2.33. The van der Waals surface area contributed by atoms with Crippen LogP contribution in [0, 0.1) is 0 Å². The Balaban J connectivity index is 2.06. The third-order valence-corrected chi connectivity index (χ3v) is 3.66. The van der Waals surface area contributed by atoms with Crippen LogP contribution in [0.1, 0.15) is 13.8 Å². The number of aromatic nitrogens is 2. The molecule has 0 aliphatic heterocycles. The van der Waals surface area contributed by atoms with Gasteiger partial charge in [-0.2, -0.15) is 5.10 Å². The first-order chi connectivity index (χ1) is 9.13. The highest BCUT2D eigenvalue weighted by molar-refractivity contribution is 9.10. The topological polar surface area (TPSA) is 61.0 Å². The lowest BCUT2D eigenvalue weighted by atomic mass is 10.2. The predicted octanol–water partition coefficient (Wildman–Crippen LogP) is 2.61. The Bertz CT molecular complexity index is 577. The van der Waals surface area contributed by atoms with E-state index in [0.717, 1.165) is 34.3 Å². The molecule has 5 nitrogen and oxygen atoms in total. The summed E-state index contributed by atoms with van der Waals surface area (Å²) in [6, 6.07) is 5.66. The standard InChI is InChI=1S/C13H17BrN4O/c1-3-18(4-2)8-12(19)15-9-5-6-10-11(7-9)16-17-13(10)14/h5-7H,3-4,8H2,1-2H3,(H,15,19)(H,16,17). The Morgan fingerprint density at radius 1 is 1.42 bits per heavy atom. The van der Waals surface area contributed by atoms with E-state index in [9.17, 15) is 4.79 Å². The zero-order chi connectivity index (χ0) is 13.8. The van der Waals surface area contributed by atoms with Gasteiger partial charge in [-0.25, -0.2) is 0 Å². The summed E-state index contributed by atoms with van der Waals surface area (Å²) in [4.78, 5) is 14.0. The predicted molar refractivity (Wildman–Crippen MR) is 80.2 cm³/mol. The van der Waals surface area contributed by atoms with Crippen molar-refractivity contribution in [2.45, 2.75) is 13.8 Å². The van der Waals surface area contributed by atoms with Crippen molar-refractivity contribution >= 4 is 38.4 Å². The lowest BCUT2D eigenvalue weighted by molar-refractivity contribution is -0.117. The molecule has 0 bridgehead atoms. The summed E-state index contributed by atoms with van der Waals surface area (Å²) in [5.74, 6) is -0.00217. The summed E-state index contributed by atoms with van der Waals surface area (Å²) in [6.07, 6.45) is 0. The maximum absolute atomic E-state index is 11.9. The molecule has 0 unspecified atom stereocenters. The van der Waals surface area contributed by atoms with E-state index in [1.807, 2.05) is 32.0 Å². The number of carbonyl (C=O) groups is 1. The van der Waals surface area contributed by atoms with Crippen molar-refractivity contribution in [3.05, 3.63) is 22.8 Å². The van der Waals surface area contributed by atoms with E-state index in [1.165, 1.54) is 0 Å². The number of H-pyrrole nitrogens is 1. The minimum Gasteiger partial charge on any atom is -0.325 e. The molecule has 1 amide bonds. The van der Waals surface area contributed by atoms with E-state index in [0.29, 0.717) is 6.54 Å². The molecule has 0 saturated carbocycles. The Morgan fingerprint density at radius 3 is 2.84 bits per heavy atom. The number of hydrogen-bond donors (Lipinski definition) is 2. The number of carbonyl (C=O) groups excluding carboxylic acids is 1. The van der Waals surface area contributed by atoms with Gasteiger partial charge in [-0.3, -0.25) is 14.8 Å². The van der Waals surface area contributed by atoms with Crippen molar-refractivity contribution in [1.29, 1.82) is 0 Å². The number of halogens is 1. The van der Waals surface area contributed by atoms with Crippen LogP contribution in [0.5, 0.6) is 0 Å². The third kappa shape index (κ3) is 3.33. The summed E-state index contributed by atoms with van der Waals surface area (Å²) in [5, 5.41) is 10.9. The minimum absolute atomic E-state index is 0.00217. The monoisotopic (exact) mass is 324 g/mol. The molecular formula is C13H17BrN4O. The van der Waals surface area contributed by atoms with Crippen LogP contribution in [0.3, 0.4) is 0 Å². The maximum Gasteiger partial charge on any atom is 0.238 e. The summed E-state index contributed by atoms with van der Waals surface area (Å²) in [7, 11) is 0. The normalized spacial score (nSPS) is 11.2. The number of likely N-dealkylation sites (N-methyl/N-ethyl adjacent to an activating group) is 1. The number of nitrogens with one attached hydrogen (secondary N) is 2. The number of hydrogen-bond acceptors (Lipinski definition) is 3. The number of anilines is 1. The van der Waals surface area contributed by atoms with E-state index in [-0.39, 0.29) is 5.91 Å². The first-order valence-electron chi connectivity index (χ1n) is 6.29. The number of aromatic amines is 1. The molecule has 0 atom stereocenters. The van der Waals surface area contributed by atoms with Crippen molar-refractivity contribution in [3.8, 4) is 0 Å². The molecule has 1 aromatic heterocycles. The number of fused-ring (bicyclic) bond motifs is 1. The van der Waals surface area contributed by atoms with Gasteiger partial charge in [0.15, 0.2) is 0 Å². The Morgan fingerprint density at radius 2 is 2.16 bits per heavy atom. The van der Waals surface area contributed by atoms with Gasteiger partial charge in [-0.1, -0.05) is 13.8 Å². The van der Waals surface area contributed by atoms with Gasteiger partial charge in [-0.05, 0) is 47.2 Å². The SMILES string of the molecule is CCN(CC)CC(=O)Nc1ccc2c(Br)[nH]nc2c1. The van der Waals surface area contributed by atoms with Gasteiger partial charge in [-0.15, -0.1) is 0 Å². The van der Waals surface area contributed by atoms with Crippen molar-refractivity contribution < 1.29 is 4.79 Å². The summed E-state index contributed by atoms with van der Waals surface area (Å²) < 4.78 is 0.850. The molecule has 0 aliphatic rings. The number of benzene rings is 1. The molecule has 1 aromatic carbocycles. The third-order valence-electron chi connectivity index (χ3n) is 3.05. The highest BCUT2D eigenvalue weighted by Gasteiger charge is 2.09. The second kappa shape index (κ2) is 6.16. The van der Waals surface area contributed by atoms with Crippen LogP contribution in [-0.2, 0) is 4.79 Å². The lowest BCUT2D eigenvalue weighted by Crippen LogP contribution is -2.32. The molecule has 19 heavy (non-hydrogen) atoms. The van der Waals surface area contributed by atoms with Crippen LogP contribution in [0.4, 0.5) is 5.69 Å². The van der Waals surface area contributed by atoms with Gasteiger partial charge in [0.1, 0.15) is 4.60 Å². The van der Waals surface area contributed by atoms with E-state index in [4.69, 9.17) is 0 Å². The molecule has 6 heteroatoms. The lowest BCUT2D eigenvalue weighted by Gasteiger charge is -2.17. The molecule has 0 saturated heterocycles. The second-order valence-corrected chi connectivity index (χ2v) is 5.07. The van der Waals surface area contributed by atoms with Crippen LogP contribution in [-0.4, -0.2) is 40.6 Å². The first kappa shape index (κ1) is 14.0. The molecule has 2 aromatic rings. The average Bonchev–Trinajstić information content (AvgIpc) is 2.77. The van der Waals surface area contributed by atoms with Crippen molar-refractivity contribution in [2.75, 3.05) is 25.0 Å². The Labute approximate surface area is 120 Å². The molecule has 1 heterocycles. The van der Waals surface area contributed by atoms with Gasteiger partial charge < -0.3 is 5.32 Å². The van der Waals surface area contributed by atoms with Gasteiger partial charge in [0, 0.05) is 11.1 Å². The molecule has 0 aliphatic carbocycles. The van der Waals surface area contributed by atoms with Gasteiger partial charge in [0.05, 0.1) is 12.1 Å². The van der Waals surface area contributed by atoms with Gasteiger partial charge in [0.2, 0.25) is 5.91 Å². The van der Waals surface area contributed by atoms with Crippen LogP contribution in [0.15, 0.2) is 22.8 Å². The van der Waals surface area contributed by atoms with Crippen LogP contribution >= 0.6 is 15.9 Å². The molecule has 0 fully saturated rings. The number of rotatable bonds is 5. The van der Waals surface area contributed by atoms with Crippen LogP contribution in [0.25, 0.3) is 10.9 Å². The summed E-state index contributed by atoms with van der Waals surface area (Å²) in [6.45, 7) is 6.24. The Kier molecular flexibility index (Phi) is 4.55. The van der Waals surface area contributed by atoms with Gasteiger partial charge in [0.25, 0.3) is 0 Å². The largest absolute Gasteiger partial charge is 0.325 e. The van der Waals surface area contributed by atoms with E-state index in [2.05, 4.69) is 36.3 Å². The number of nitrogens with zero attached hydrogens (tertiary/aromatic N) is 2. The molecule has 2 N–H and O–H groups in total. The highest BCUT2D eigenvalue weighted by Crippen LogP contribution is 2.23. The smallest absolute Gasteiger partial charge is 0.238 e. The average molecular weight is 325 g/mol. The maximum atomic E-state index is 11.9. The van der Waals surface area contributed by atoms with E-state index in [1.54, 1.807) is 0 Å². The molecule has 2 rings (SSSR count). The van der Waals surface area contributed by atoms with Crippen LogP contribution < -0.4 is 5.32 Å². The molecular weight excluding hydrogens is 308 g/mol.